The van der Waals surface area contributed by atoms with Crippen LogP contribution >= 0.6 is 0 Å². The summed E-state index contributed by atoms with van der Waals surface area (Å²) in [5.74, 6) is -0.849. The van der Waals surface area contributed by atoms with Crippen LogP contribution in [0.25, 0.3) is 0 Å². The Morgan fingerprint density at radius 3 is 3.00 bits per heavy atom. The van der Waals surface area contributed by atoms with Gasteiger partial charge in [0.15, 0.2) is 0 Å². The Hall–Kier alpha value is -2.11. The number of carbonyl (C=O) groups is 2. The van der Waals surface area contributed by atoms with Gasteiger partial charge in [0.2, 0.25) is 5.91 Å². The van der Waals surface area contributed by atoms with Gasteiger partial charge in [-0.2, -0.15) is 0 Å². The Labute approximate surface area is 85.5 Å². The minimum atomic E-state index is -1.04. The lowest BCUT2D eigenvalue weighted by Gasteiger charge is -2.15. The molecule has 2 N–H and O–H groups in total. The Balaban J connectivity index is 2.35. The van der Waals surface area contributed by atoms with Crippen molar-refractivity contribution in [3.8, 4) is 0 Å². The molecule has 0 aromatic carbocycles. The Morgan fingerprint density at radius 2 is 2.40 bits per heavy atom. The molecule has 0 unspecified atom stereocenters. The van der Waals surface area contributed by atoms with Gasteiger partial charge >= 0.3 is 5.97 Å². The number of carboxylic acid groups (broad SMARTS) is 1. The van der Waals surface area contributed by atoms with Crippen molar-refractivity contribution < 1.29 is 14.7 Å². The van der Waals surface area contributed by atoms with Gasteiger partial charge in [-0.25, -0.2) is 9.78 Å². The average Bonchev–Trinajstić information content (AvgIpc) is 2.65. The van der Waals surface area contributed by atoms with E-state index in [4.69, 9.17) is 5.11 Å². The molecule has 0 saturated carbocycles. The van der Waals surface area contributed by atoms with E-state index >= 15 is 0 Å². The van der Waals surface area contributed by atoms with Crippen LogP contribution in [-0.2, 0) is 4.79 Å². The first-order valence-electron chi connectivity index (χ1n) is 4.38. The molecule has 0 atom stereocenters. The molecule has 2 heterocycles. The Morgan fingerprint density at radius 1 is 1.60 bits per heavy atom. The van der Waals surface area contributed by atoms with Crippen LogP contribution in [0.15, 0.2) is 18.3 Å². The first kappa shape index (κ1) is 9.45. The molecule has 1 aromatic rings. The van der Waals surface area contributed by atoms with Crippen molar-refractivity contribution in [1.29, 1.82) is 0 Å². The summed E-state index contributed by atoms with van der Waals surface area (Å²) in [6, 6.07) is 3.02. The van der Waals surface area contributed by atoms with Gasteiger partial charge in [-0.15, -0.1) is 0 Å². The van der Waals surface area contributed by atoms with Crippen molar-refractivity contribution in [2.75, 3.05) is 18.1 Å². The minimum Gasteiger partial charge on any atom is -0.478 e. The van der Waals surface area contributed by atoms with Gasteiger partial charge in [0.25, 0.3) is 0 Å². The van der Waals surface area contributed by atoms with Crippen molar-refractivity contribution in [3.63, 3.8) is 0 Å². The fourth-order valence-corrected chi connectivity index (χ4v) is 1.43. The van der Waals surface area contributed by atoms with E-state index in [0.717, 1.165) is 0 Å². The number of pyridine rings is 1. The number of amides is 1. The molecule has 1 aliphatic heterocycles. The molecule has 1 amide bonds. The van der Waals surface area contributed by atoms with E-state index in [-0.39, 0.29) is 18.0 Å². The highest BCUT2D eigenvalue weighted by Gasteiger charge is 2.23. The number of nitrogens with zero attached hydrogens (tertiary/aromatic N) is 2. The van der Waals surface area contributed by atoms with Crippen LogP contribution < -0.4 is 10.2 Å². The summed E-state index contributed by atoms with van der Waals surface area (Å²) in [4.78, 5) is 27.4. The van der Waals surface area contributed by atoms with E-state index < -0.39 is 5.97 Å². The zero-order chi connectivity index (χ0) is 10.8. The number of nitrogens with one attached hydrogen (secondary N) is 1. The largest absolute Gasteiger partial charge is 0.478 e. The second kappa shape index (κ2) is 3.56. The Kier molecular flexibility index (Phi) is 2.24. The molecular formula is C9H9N3O3. The number of carboxylic acids is 1. The maximum absolute atomic E-state index is 11.0. The molecule has 1 aromatic heterocycles. The fourth-order valence-electron chi connectivity index (χ4n) is 1.43. The van der Waals surface area contributed by atoms with E-state index in [1.807, 2.05) is 0 Å². The summed E-state index contributed by atoms with van der Waals surface area (Å²) in [5, 5.41) is 11.5. The standard InChI is InChI=1S/C9H9N3O3/c13-7-4-12(5-11-7)8-6(9(14)15)2-1-3-10-8/h1-3H,4-5H2,(H,11,13)(H,14,15). The van der Waals surface area contributed by atoms with Gasteiger partial charge in [-0.3, -0.25) is 4.79 Å². The third kappa shape index (κ3) is 1.74. The van der Waals surface area contributed by atoms with Crippen LogP contribution in [0.5, 0.6) is 0 Å². The molecule has 1 fully saturated rings. The summed E-state index contributed by atoms with van der Waals surface area (Å²) >= 11 is 0. The van der Waals surface area contributed by atoms with Crippen LogP contribution in [-0.4, -0.2) is 35.2 Å². The molecule has 1 aliphatic rings. The number of hydrogen-bond donors (Lipinski definition) is 2. The monoisotopic (exact) mass is 207 g/mol. The number of aromatic carboxylic acids is 1. The number of anilines is 1. The van der Waals surface area contributed by atoms with Crippen LogP contribution in [0.1, 0.15) is 10.4 Å². The van der Waals surface area contributed by atoms with Gasteiger partial charge in [0, 0.05) is 6.20 Å². The SMILES string of the molecule is O=C1CN(c2ncccc2C(=O)O)CN1. The highest BCUT2D eigenvalue weighted by atomic mass is 16.4. The molecule has 0 bridgehead atoms. The maximum Gasteiger partial charge on any atom is 0.339 e. The molecule has 0 aliphatic carbocycles. The predicted octanol–water partition coefficient (Wildman–Crippen LogP) is -0.326. The van der Waals surface area contributed by atoms with Crippen LogP contribution in [0.2, 0.25) is 0 Å². The van der Waals surface area contributed by atoms with Crippen molar-refractivity contribution in [3.05, 3.63) is 23.9 Å². The molecular weight excluding hydrogens is 198 g/mol. The van der Waals surface area contributed by atoms with Gasteiger partial charge in [-0.05, 0) is 12.1 Å². The van der Waals surface area contributed by atoms with Gasteiger partial charge in [0.1, 0.15) is 17.9 Å². The number of carbonyl (C=O) groups excluding carboxylic acids is 1. The van der Waals surface area contributed by atoms with Crippen LogP contribution in [0.4, 0.5) is 5.82 Å². The molecule has 6 nitrogen and oxygen atoms in total. The summed E-state index contributed by atoms with van der Waals surface area (Å²) in [5.41, 5.74) is 0.106. The second-order valence-electron chi connectivity index (χ2n) is 3.14. The first-order valence-corrected chi connectivity index (χ1v) is 4.38. The van der Waals surface area contributed by atoms with Gasteiger partial charge < -0.3 is 15.3 Å². The van der Waals surface area contributed by atoms with E-state index in [0.29, 0.717) is 12.5 Å². The van der Waals surface area contributed by atoms with Gasteiger partial charge in [-0.1, -0.05) is 0 Å². The third-order valence-electron chi connectivity index (χ3n) is 2.12. The van der Waals surface area contributed by atoms with E-state index in [1.54, 1.807) is 11.0 Å². The number of rotatable bonds is 2. The summed E-state index contributed by atoms with van der Waals surface area (Å²) in [6.07, 6.45) is 1.50. The quantitative estimate of drug-likeness (QED) is 0.694. The lowest BCUT2D eigenvalue weighted by Crippen LogP contribution is -2.24. The van der Waals surface area contributed by atoms with E-state index in [9.17, 15) is 9.59 Å². The van der Waals surface area contributed by atoms with Crippen LogP contribution in [0, 0.1) is 0 Å². The first-order chi connectivity index (χ1) is 7.18. The van der Waals surface area contributed by atoms with Crippen molar-refractivity contribution >= 4 is 17.7 Å². The predicted molar refractivity (Wildman–Crippen MR) is 51.6 cm³/mol. The molecule has 0 spiro atoms. The zero-order valence-corrected chi connectivity index (χ0v) is 7.80. The molecule has 6 heteroatoms. The second-order valence-corrected chi connectivity index (χ2v) is 3.14. The third-order valence-corrected chi connectivity index (χ3v) is 2.12. The smallest absolute Gasteiger partial charge is 0.339 e. The number of aromatic nitrogens is 1. The summed E-state index contributed by atoms with van der Waals surface area (Å²) in [7, 11) is 0. The molecule has 1 saturated heterocycles. The maximum atomic E-state index is 11.0. The summed E-state index contributed by atoms with van der Waals surface area (Å²) in [6.45, 7) is 0.452. The lowest BCUT2D eigenvalue weighted by molar-refractivity contribution is -0.118. The van der Waals surface area contributed by atoms with Crippen molar-refractivity contribution in [1.82, 2.24) is 10.3 Å². The molecule has 0 radical (unpaired) electrons. The highest BCUT2D eigenvalue weighted by Crippen LogP contribution is 2.17. The van der Waals surface area contributed by atoms with E-state index in [2.05, 4.69) is 10.3 Å². The summed E-state index contributed by atoms with van der Waals surface area (Å²) < 4.78 is 0. The molecule has 2 rings (SSSR count). The molecule has 15 heavy (non-hydrogen) atoms. The van der Waals surface area contributed by atoms with Gasteiger partial charge in [0.05, 0.1) is 6.67 Å². The normalized spacial score (nSPS) is 15.2. The minimum absolute atomic E-state index is 0.106. The van der Waals surface area contributed by atoms with Crippen molar-refractivity contribution in [2.24, 2.45) is 0 Å². The zero-order valence-electron chi connectivity index (χ0n) is 7.80. The highest BCUT2D eigenvalue weighted by molar-refractivity contribution is 5.95. The lowest BCUT2D eigenvalue weighted by atomic mass is 10.2. The Bertz CT molecular complexity index is 419. The van der Waals surface area contributed by atoms with Crippen molar-refractivity contribution in [2.45, 2.75) is 0 Å². The van der Waals surface area contributed by atoms with E-state index in [1.165, 1.54) is 12.3 Å². The average molecular weight is 207 g/mol. The van der Waals surface area contributed by atoms with Crippen LogP contribution in [0.3, 0.4) is 0 Å². The molecule has 78 valence electrons. The number of hydrogen-bond acceptors (Lipinski definition) is 4. The topological polar surface area (TPSA) is 82.5 Å². The fraction of sp³-hybridized carbons (Fsp3) is 0.222.